The van der Waals surface area contributed by atoms with E-state index in [1.54, 1.807) is 24.5 Å². The zero-order valence-corrected chi connectivity index (χ0v) is 10.4. The van der Waals surface area contributed by atoms with Gasteiger partial charge in [0.1, 0.15) is 17.3 Å². The molecule has 0 unspecified atom stereocenters. The van der Waals surface area contributed by atoms with E-state index in [4.69, 9.17) is 10.5 Å². The van der Waals surface area contributed by atoms with Gasteiger partial charge >= 0.3 is 0 Å². The number of hydrogen-bond acceptors (Lipinski definition) is 3. The number of hydrogen-bond donors (Lipinski definition) is 1. The first kappa shape index (κ1) is 12.0. The van der Waals surface area contributed by atoms with Crippen molar-refractivity contribution in [3.8, 4) is 11.5 Å². The van der Waals surface area contributed by atoms with E-state index in [2.05, 4.69) is 20.9 Å². The quantitative estimate of drug-likeness (QED) is 0.946. The Kier molecular flexibility index (Phi) is 3.71. The number of ether oxygens (including phenoxy) is 1. The summed E-state index contributed by atoms with van der Waals surface area (Å²) in [5.74, 6) is 0.777. The first-order valence-corrected chi connectivity index (χ1v) is 5.75. The van der Waals surface area contributed by atoms with Crippen LogP contribution in [0.2, 0.25) is 0 Å². The molecule has 0 aliphatic heterocycles. The predicted octanol–water partition coefficient (Wildman–Crippen LogP) is 3.23. The highest BCUT2D eigenvalue weighted by Gasteiger charge is 2.05. The molecule has 17 heavy (non-hydrogen) atoms. The van der Waals surface area contributed by atoms with Crippen molar-refractivity contribution in [2.45, 2.75) is 6.54 Å². The van der Waals surface area contributed by atoms with E-state index < -0.39 is 0 Å². The lowest BCUT2D eigenvalue weighted by molar-refractivity contribution is 0.471. The predicted molar refractivity (Wildman–Crippen MR) is 66.3 cm³/mol. The van der Waals surface area contributed by atoms with Crippen molar-refractivity contribution >= 4 is 15.9 Å². The summed E-state index contributed by atoms with van der Waals surface area (Å²) in [5.41, 5.74) is 6.15. The van der Waals surface area contributed by atoms with Crippen LogP contribution in [0.1, 0.15) is 5.56 Å². The zero-order valence-electron chi connectivity index (χ0n) is 8.86. The Morgan fingerprint density at radius 1 is 1.29 bits per heavy atom. The third kappa shape index (κ3) is 3.01. The summed E-state index contributed by atoms with van der Waals surface area (Å²) >= 11 is 3.30. The van der Waals surface area contributed by atoms with Crippen LogP contribution in [0.15, 0.2) is 41.1 Å². The molecule has 2 N–H and O–H groups in total. The van der Waals surface area contributed by atoms with Gasteiger partial charge in [0.05, 0.1) is 6.20 Å². The average Bonchev–Trinajstić information content (AvgIpc) is 2.31. The number of rotatable bonds is 3. The lowest BCUT2D eigenvalue weighted by Gasteiger charge is -2.09. The van der Waals surface area contributed by atoms with Crippen LogP contribution in [-0.2, 0) is 6.54 Å². The number of pyridine rings is 1. The Balaban J connectivity index is 2.29. The Morgan fingerprint density at radius 2 is 2.12 bits per heavy atom. The summed E-state index contributed by atoms with van der Waals surface area (Å²) in [7, 11) is 0. The molecule has 0 aliphatic rings. The Bertz CT molecular complexity index is 534. The molecule has 1 aromatic heterocycles. The van der Waals surface area contributed by atoms with Gasteiger partial charge in [-0.05, 0) is 40.2 Å². The summed E-state index contributed by atoms with van der Waals surface area (Å²) in [6.07, 6.45) is 3.23. The molecule has 1 aromatic carbocycles. The fraction of sp³-hybridized carbons (Fsp3) is 0.0833. The molecule has 0 spiro atoms. The first-order valence-electron chi connectivity index (χ1n) is 4.96. The summed E-state index contributed by atoms with van der Waals surface area (Å²) in [6.45, 7) is 0.217. The smallest absolute Gasteiger partial charge is 0.146 e. The maximum atomic E-state index is 13.0. The second-order valence-corrected chi connectivity index (χ2v) is 4.31. The van der Waals surface area contributed by atoms with E-state index in [-0.39, 0.29) is 12.4 Å². The van der Waals surface area contributed by atoms with Crippen LogP contribution in [0, 0.1) is 5.82 Å². The minimum atomic E-state index is -0.329. The molecule has 0 saturated carbocycles. The van der Waals surface area contributed by atoms with Gasteiger partial charge in [-0.1, -0.05) is 0 Å². The molecule has 0 fully saturated rings. The van der Waals surface area contributed by atoms with E-state index in [0.717, 1.165) is 4.47 Å². The van der Waals surface area contributed by atoms with Gasteiger partial charge in [-0.15, -0.1) is 0 Å². The standard InChI is InChI=1S/C12H10BrFN2O/c13-9-4-11(7-16-6-9)17-12-2-1-10(14)3-8(12)5-15/h1-4,6-7H,5,15H2. The van der Waals surface area contributed by atoms with Crippen molar-refractivity contribution in [2.24, 2.45) is 5.73 Å². The van der Waals surface area contributed by atoms with Gasteiger partial charge in [-0.25, -0.2) is 4.39 Å². The molecule has 0 atom stereocenters. The first-order chi connectivity index (χ1) is 8.19. The van der Waals surface area contributed by atoms with Gasteiger partial charge < -0.3 is 10.5 Å². The molecule has 0 amide bonds. The van der Waals surface area contributed by atoms with Crippen molar-refractivity contribution in [2.75, 3.05) is 0 Å². The summed E-state index contributed by atoms with van der Waals surface area (Å²) < 4.78 is 19.4. The fourth-order valence-corrected chi connectivity index (χ4v) is 1.73. The highest BCUT2D eigenvalue weighted by Crippen LogP contribution is 2.26. The fourth-order valence-electron chi connectivity index (χ4n) is 1.38. The molecule has 3 nitrogen and oxygen atoms in total. The number of aromatic nitrogens is 1. The van der Waals surface area contributed by atoms with Gasteiger partial charge in [0.15, 0.2) is 0 Å². The van der Waals surface area contributed by atoms with Crippen LogP contribution in [0.25, 0.3) is 0 Å². The topological polar surface area (TPSA) is 48.1 Å². The van der Waals surface area contributed by atoms with Gasteiger partial charge in [-0.2, -0.15) is 0 Å². The maximum absolute atomic E-state index is 13.0. The number of nitrogens with zero attached hydrogens (tertiary/aromatic N) is 1. The largest absolute Gasteiger partial charge is 0.455 e. The van der Waals surface area contributed by atoms with E-state index in [9.17, 15) is 4.39 Å². The van der Waals surface area contributed by atoms with Crippen molar-refractivity contribution in [1.82, 2.24) is 4.98 Å². The highest BCUT2D eigenvalue weighted by molar-refractivity contribution is 9.10. The molecule has 88 valence electrons. The van der Waals surface area contributed by atoms with Crippen molar-refractivity contribution in [3.05, 3.63) is 52.5 Å². The lowest BCUT2D eigenvalue weighted by atomic mass is 10.2. The molecular weight excluding hydrogens is 287 g/mol. The highest BCUT2D eigenvalue weighted by atomic mass is 79.9. The average molecular weight is 297 g/mol. The number of nitrogens with two attached hydrogens (primary N) is 1. The van der Waals surface area contributed by atoms with Crippen molar-refractivity contribution in [3.63, 3.8) is 0 Å². The molecule has 5 heteroatoms. The zero-order chi connectivity index (χ0) is 12.3. The lowest BCUT2D eigenvalue weighted by Crippen LogP contribution is -2.00. The molecular formula is C12H10BrFN2O. The number of benzene rings is 1. The molecule has 1 heterocycles. The third-order valence-corrected chi connectivity index (χ3v) is 2.58. The normalized spacial score (nSPS) is 10.3. The van der Waals surface area contributed by atoms with E-state index in [1.165, 1.54) is 12.1 Å². The van der Waals surface area contributed by atoms with Gasteiger partial charge in [-0.3, -0.25) is 4.98 Å². The van der Waals surface area contributed by atoms with Crippen molar-refractivity contribution in [1.29, 1.82) is 0 Å². The molecule has 0 saturated heterocycles. The minimum absolute atomic E-state index is 0.217. The van der Waals surface area contributed by atoms with Crippen LogP contribution < -0.4 is 10.5 Å². The monoisotopic (exact) mass is 296 g/mol. The van der Waals surface area contributed by atoms with Crippen LogP contribution in [-0.4, -0.2) is 4.98 Å². The van der Waals surface area contributed by atoms with Crippen LogP contribution in [0.4, 0.5) is 4.39 Å². The minimum Gasteiger partial charge on any atom is -0.455 e. The molecule has 2 rings (SSSR count). The molecule has 2 aromatic rings. The molecule has 0 radical (unpaired) electrons. The van der Waals surface area contributed by atoms with E-state index >= 15 is 0 Å². The third-order valence-electron chi connectivity index (χ3n) is 2.15. The Hall–Kier alpha value is -1.46. The van der Waals surface area contributed by atoms with Crippen LogP contribution >= 0.6 is 15.9 Å². The SMILES string of the molecule is NCc1cc(F)ccc1Oc1cncc(Br)c1. The van der Waals surface area contributed by atoms with E-state index in [0.29, 0.717) is 17.1 Å². The molecule has 0 bridgehead atoms. The van der Waals surface area contributed by atoms with Gasteiger partial charge in [0, 0.05) is 22.8 Å². The Labute approximate surface area is 107 Å². The Morgan fingerprint density at radius 3 is 2.82 bits per heavy atom. The van der Waals surface area contributed by atoms with Crippen molar-refractivity contribution < 1.29 is 9.13 Å². The van der Waals surface area contributed by atoms with Crippen LogP contribution in [0.5, 0.6) is 11.5 Å². The van der Waals surface area contributed by atoms with Crippen LogP contribution in [0.3, 0.4) is 0 Å². The van der Waals surface area contributed by atoms with E-state index in [1.807, 2.05) is 0 Å². The number of halogens is 2. The summed E-state index contributed by atoms with van der Waals surface area (Å²) in [4.78, 5) is 3.98. The maximum Gasteiger partial charge on any atom is 0.146 e. The second kappa shape index (κ2) is 5.25. The molecule has 0 aliphatic carbocycles. The van der Waals surface area contributed by atoms with Gasteiger partial charge in [0.25, 0.3) is 0 Å². The van der Waals surface area contributed by atoms with Gasteiger partial charge in [0.2, 0.25) is 0 Å². The summed E-state index contributed by atoms with van der Waals surface area (Å²) in [6, 6.07) is 6.02. The summed E-state index contributed by atoms with van der Waals surface area (Å²) in [5, 5.41) is 0. The second-order valence-electron chi connectivity index (χ2n) is 3.40.